The molecule has 0 spiro atoms. The first-order valence-electron chi connectivity index (χ1n) is 10.5. The minimum atomic E-state index is -0.285. The molecule has 7 nitrogen and oxygen atoms in total. The number of carbonyl (C=O) groups is 1. The maximum atomic E-state index is 12.4. The third-order valence-corrected chi connectivity index (χ3v) is 7.14. The number of hydrogen-bond acceptors (Lipinski definition) is 6. The lowest BCUT2D eigenvalue weighted by Gasteiger charge is -2.49. The lowest BCUT2D eigenvalue weighted by atomic mass is 9.72. The van der Waals surface area contributed by atoms with Gasteiger partial charge in [-0.2, -0.15) is 0 Å². The van der Waals surface area contributed by atoms with Crippen molar-refractivity contribution in [1.82, 2.24) is 9.88 Å². The van der Waals surface area contributed by atoms with E-state index in [4.69, 9.17) is 18.9 Å². The van der Waals surface area contributed by atoms with Gasteiger partial charge in [-0.3, -0.25) is 4.90 Å². The maximum Gasteiger partial charge on any atom is 0.337 e. The number of nitrogens with zero attached hydrogens (tertiary/aromatic N) is 1. The molecule has 1 fully saturated rings. The van der Waals surface area contributed by atoms with E-state index in [1.54, 1.807) is 20.5 Å². The van der Waals surface area contributed by atoms with Gasteiger partial charge in [0.25, 0.3) is 0 Å². The Bertz CT molecular complexity index is 1030. The van der Waals surface area contributed by atoms with E-state index >= 15 is 0 Å². The fourth-order valence-electron chi connectivity index (χ4n) is 5.56. The van der Waals surface area contributed by atoms with Gasteiger partial charge < -0.3 is 23.9 Å². The van der Waals surface area contributed by atoms with Crippen LogP contribution in [0.1, 0.15) is 30.6 Å². The molecule has 3 aliphatic heterocycles. The molecule has 3 aliphatic rings. The number of hydrogen-bond donors (Lipinski definition) is 1. The number of methoxy groups -OCH3 is 3. The van der Waals surface area contributed by atoms with Crippen molar-refractivity contribution < 1.29 is 23.7 Å². The van der Waals surface area contributed by atoms with Crippen molar-refractivity contribution in [3.63, 3.8) is 0 Å². The Morgan fingerprint density at radius 2 is 1.97 bits per heavy atom. The SMILES string of the molecule is COC(=O)C1=COC(C)[C@@H]2CN3CCc4c([nH]c5cc(OC)c(OC)cc45)[C@@H]3C[C@H]12. The fourth-order valence-corrected chi connectivity index (χ4v) is 5.56. The zero-order chi connectivity index (χ0) is 21.0. The van der Waals surface area contributed by atoms with Crippen LogP contribution in [0.4, 0.5) is 0 Å². The third-order valence-electron chi connectivity index (χ3n) is 7.14. The van der Waals surface area contributed by atoms with Crippen LogP contribution in [0, 0.1) is 11.8 Å². The Morgan fingerprint density at radius 3 is 2.70 bits per heavy atom. The molecular weight excluding hydrogens is 384 g/mol. The van der Waals surface area contributed by atoms with Gasteiger partial charge in [0.05, 0.1) is 45.3 Å². The molecule has 2 aromatic rings. The molecular formula is C23H28N2O5. The summed E-state index contributed by atoms with van der Waals surface area (Å²) in [6.45, 7) is 4.00. The number of ether oxygens (including phenoxy) is 4. The molecule has 1 saturated heterocycles. The highest BCUT2D eigenvalue weighted by atomic mass is 16.5. The maximum absolute atomic E-state index is 12.4. The Morgan fingerprint density at radius 1 is 1.20 bits per heavy atom. The van der Waals surface area contributed by atoms with Gasteiger partial charge in [0.15, 0.2) is 11.5 Å². The molecule has 1 aromatic carbocycles. The molecule has 4 heterocycles. The summed E-state index contributed by atoms with van der Waals surface area (Å²) in [5, 5.41) is 1.19. The number of aromatic nitrogens is 1. The summed E-state index contributed by atoms with van der Waals surface area (Å²) < 4.78 is 21.9. The van der Waals surface area contributed by atoms with Gasteiger partial charge in [-0.1, -0.05) is 0 Å². The molecule has 0 aliphatic carbocycles. The van der Waals surface area contributed by atoms with E-state index in [1.807, 2.05) is 6.07 Å². The number of piperidine rings is 1. The topological polar surface area (TPSA) is 73.0 Å². The van der Waals surface area contributed by atoms with Crippen molar-refractivity contribution in [1.29, 1.82) is 0 Å². The van der Waals surface area contributed by atoms with E-state index in [0.717, 1.165) is 42.9 Å². The van der Waals surface area contributed by atoms with E-state index in [-0.39, 0.29) is 30.0 Å². The van der Waals surface area contributed by atoms with Gasteiger partial charge in [-0.15, -0.1) is 0 Å². The highest BCUT2D eigenvalue weighted by Crippen LogP contribution is 2.48. The van der Waals surface area contributed by atoms with Gasteiger partial charge in [0.1, 0.15) is 0 Å². The van der Waals surface area contributed by atoms with Crippen LogP contribution in [0.25, 0.3) is 10.9 Å². The second-order valence-electron chi connectivity index (χ2n) is 8.44. The predicted molar refractivity (Wildman–Crippen MR) is 112 cm³/mol. The molecule has 30 heavy (non-hydrogen) atoms. The highest BCUT2D eigenvalue weighted by Gasteiger charge is 2.47. The summed E-state index contributed by atoms with van der Waals surface area (Å²) in [4.78, 5) is 18.6. The van der Waals surface area contributed by atoms with Gasteiger partial charge in [0, 0.05) is 47.6 Å². The fraction of sp³-hybridized carbons (Fsp3) is 0.522. The number of rotatable bonds is 3. The molecule has 0 saturated carbocycles. The summed E-state index contributed by atoms with van der Waals surface area (Å²) >= 11 is 0. The minimum Gasteiger partial charge on any atom is -0.497 e. The van der Waals surface area contributed by atoms with E-state index in [2.05, 4.69) is 22.9 Å². The quantitative estimate of drug-likeness (QED) is 0.781. The van der Waals surface area contributed by atoms with Crippen LogP contribution >= 0.6 is 0 Å². The number of esters is 1. The van der Waals surface area contributed by atoms with Crippen LogP contribution in [0.3, 0.4) is 0 Å². The Labute approximate surface area is 175 Å². The van der Waals surface area contributed by atoms with Crippen LogP contribution in [-0.2, 0) is 20.7 Å². The Kier molecular flexibility index (Phi) is 4.65. The van der Waals surface area contributed by atoms with Crippen molar-refractivity contribution in [2.75, 3.05) is 34.4 Å². The van der Waals surface area contributed by atoms with Gasteiger partial charge in [-0.05, 0) is 31.4 Å². The Hall–Kier alpha value is -2.67. The molecule has 1 N–H and O–H groups in total. The lowest BCUT2D eigenvalue weighted by molar-refractivity contribution is -0.139. The number of fused-ring (bicyclic) bond motifs is 6. The summed E-state index contributed by atoms with van der Waals surface area (Å²) in [6, 6.07) is 4.32. The van der Waals surface area contributed by atoms with E-state index in [0.29, 0.717) is 5.57 Å². The first-order valence-corrected chi connectivity index (χ1v) is 10.5. The average Bonchev–Trinajstić information content (AvgIpc) is 3.14. The molecule has 0 bridgehead atoms. The number of aromatic amines is 1. The highest BCUT2D eigenvalue weighted by molar-refractivity contribution is 5.89. The molecule has 4 atom stereocenters. The number of nitrogens with one attached hydrogen (secondary N) is 1. The molecule has 5 rings (SSSR count). The smallest absolute Gasteiger partial charge is 0.337 e. The Balaban J connectivity index is 1.56. The molecule has 1 unspecified atom stereocenters. The summed E-state index contributed by atoms with van der Waals surface area (Å²) in [5.41, 5.74) is 4.31. The number of carbonyl (C=O) groups excluding carboxylic acids is 1. The van der Waals surface area contributed by atoms with Crippen LogP contribution in [0.5, 0.6) is 11.5 Å². The van der Waals surface area contributed by atoms with Crippen molar-refractivity contribution in [2.24, 2.45) is 11.8 Å². The second kappa shape index (κ2) is 7.23. The summed E-state index contributed by atoms with van der Waals surface area (Å²) in [5.74, 6) is 1.59. The molecule has 160 valence electrons. The molecule has 0 amide bonds. The largest absolute Gasteiger partial charge is 0.497 e. The zero-order valence-corrected chi connectivity index (χ0v) is 17.9. The van der Waals surface area contributed by atoms with Crippen molar-refractivity contribution in [3.8, 4) is 11.5 Å². The molecule has 1 aromatic heterocycles. The first-order chi connectivity index (χ1) is 14.5. The van der Waals surface area contributed by atoms with Crippen LogP contribution in [0.2, 0.25) is 0 Å². The van der Waals surface area contributed by atoms with E-state index in [9.17, 15) is 4.79 Å². The summed E-state index contributed by atoms with van der Waals surface area (Å²) in [7, 11) is 4.75. The standard InChI is InChI=1S/C23H28N2O5/c1-12-16-10-25-6-5-13-15-8-20(27-2)21(28-3)9-18(15)24-22(13)19(25)7-14(16)17(11-30-12)23(26)29-4/h8-9,11-12,14,16,19,24H,5-7,10H2,1-4H3/t12?,14-,16-,19-/m0/s1. The van der Waals surface area contributed by atoms with Gasteiger partial charge >= 0.3 is 5.97 Å². The van der Waals surface area contributed by atoms with Crippen LogP contribution in [-0.4, -0.2) is 56.4 Å². The average molecular weight is 412 g/mol. The van der Waals surface area contributed by atoms with Crippen molar-refractivity contribution in [3.05, 3.63) is 35.2 Å². The van der Waals surface area contributed by atoms with Crippen molar-refractivity contribution >= 4 is 16.9 Å². The predicted octanol–water partition coefficient (Wildman–Crippen LogP) is 3.20. The first kappa shape index (κ1) is 19.3. The van der Waals surface area contributed by atoms with Gasteiger partial charge in [0.2, 0.25) is 0 Å². The van der Waals surface area contributed by atoms with E-state index < -0.39 is 0 Å². The van der Waals surface area contributed by atoms with Crippen molar-refractivity contribution in [2.45, 2.75) is 31.9 Å². The molecule has 0 radical (unpaired) electrons. The molecule has 7 heteroatoms. The summed E-state index contributed by atoms with van der Waals surface area (Å²) in [6.07, 6.45) is 3.56. The van der Waals surface area contributed by atoms with Crippen LogP contribution in [0.15, 0.2) is 24.0 Å². The second-order valence-corrected chi connectivity index (χ2v) is 8.44. The minimum absolute atomic E-state index is 0.0852. The number of benzene rings is 1. The van der Waals surface area contributed by atoms with Gasteiger partial charge in [-0.25, -0.2) is 4.79 Å². The zero-order valence-electron chi connectivity index (χ0n) is 17.9. The monoisotopic (exact) mass is 412 g/mol. The van der Waals surface area contributed by atoms with Crippen LogP contribution < -0.4 is 9.47 Å². The lowest BCUT2D eigenvalue weighted by Crippen LogP contribution is -2.51. The van der Waals surface area contributed by atoms with E-state index in [1.165, 1.54) is 23.8 Å². The third kappa shape index (κ3) is 2.79. The number of H-pyrrole nitrogens is 1. The normalized spacial score (nSPS) is 27.9.